The highest BCUT2D eigenvalue weighted by Gasteiger charge is 2.02. The van der Waals surface area contributed by atoms with Gasteiger partial charge in [-0.1, -0.05) is 12.1 Å². The Morgan fingerprint density at radius 2 is 2.00 bits per heavy atom. The molecule has 0 atom stereocenters. The van der Waals surface area contributed by atoms with Gasteiger partial charge in [-0.15, -0.1) is 0 Å². The van der Waals surface area contributed by atoms with Crippen LogP contribution in [0.25, 0.3) is 0 Å². The minimum Gasteiger partial charge on any atom is -0.491 e. The molecule has 84 valence electrons. The fraction of sp³-hybridized carbons (Fsp3) is 0.400. The third-order valence-corrected chi connectivity index (χ3v) is 2.87. The molecule has 5 heteroatoms. The van der Waals surface area contributed by atoms with Crippen molar-refractivity contribution in [1.82, 2.24) is 0 Å². The normalized spacial score (nSPS) is 11.3. The number of rotatable bonds is 5. The monoisotopic (exact) mass is 229 g/mol. The Morgan fingerprint density at radius 1 is 1.33 bits per heavy atom. The highest BCUT2D eigenvalue weighted by atomic mass is 32.2. The number of para-hydroxylation sites is 2. The summed E-state index contributed by atoms with van der Waals surface area (Å²) in [6.07, 6.45) is 1.69. The molecule has 15 heavy (non-hydrogen) atoms. The molecule has 0 aliphatic heterocycles. The third-order valence-electron chi connectivity index (χ3n) is 1.84. The molecule has 0 fully saturated rings. The van der Waals surface area contributed by atoms with Crippen LogP contribution in [0.1, 0.15) is 6.42 Å². The van der Waals surface area contributed by atoms with Crippen molar-refractivity contribution in [2.45, 2.75) is 6.42 Å². The summed E-state index contributed by atoms with van der Waals surface area (Å²) in [4.78, 5) is 0. The van der Waals surface area contributed by atoms with Gasteiger partial charge in [-0.3, -0.25) is 0 Å². The lowest BCUT2D eigenvalue weighted by Gasteiger charge is -2.07. The first-order valence-electron chi connectivity index (χ1n) is 4.64. The molecular weight excluding hydrogens is 214 g/mol. The summed E-state index contributed by atoms with van der Waals surface area (Å²) < 4.78 is 27.0. The van der Waals surface area contributed by atoms with Crippen molar-refractivity contribution in [2.24, 2.45) is 0 Å². The maximum absolute atomic E-state index is 10.8. The zero-order valence-electron chi connectivity index (χ0n) is 8.64. The highest BCUT2D eigenvalue weighted by molar-refractivity contribution is 7.90. The average molecular weight is 229 g/mol. The van der Waals surface area contributed by atoms with Crippen molar-refractivity contribution in [1.29, 1.82) is 0 Å². The third kappa shape index (κ3) is 4.69. The fourth-order valence-electron chi connectivity index (χ4n) is 1.12. The van der Waals surface area contributed by atoms with Gasteiger partial charge in [-0.25, -0.2) is 8.42 Å². The van der Waals surface area contributed by atoms with E-state index in [1.54, 1.807) is 12.1 Å². The summed E-state index contributed by atoms with van der Waals surface area (Å²) in [5, 5.41) is 0. The summed E-state index contributed by atoms with van der Waals surface area (Å²) in [5.41, 5.74) is 6.21. The van der Waals surface area contributed by atoms with Gasteiger partial charge < -0.3 is 10.5 Å². The molecule has 1 aromatic rings. The van der Waals surface area contributed by atoms with Crippen LogP contribution in [0.15, 0.2) is 24.3 Å². The first kappa shape index (κ1) is 11.8. The Hall–Kier alpha value is -1.23. The molecule has 0 saturated heterocycles. The fourth-order valence-corrected chi connectivity index (χ4v) is 1.76. The number of ether oxygens (including phenoxy) is 1. The lowest BCUT2D eigenvalue weighted by atomic mass is 10.3. The van der Waals surface area contributed by atoms with Crippen molar-refractivity contribution < 1.29 is 13.2 Å². The van der Waals surface area contributed by atoms with Gasteiger partial charge >= 0.3 is 0 Å². The van der Waals surface area contributed by atoms with E-state index in [1.807, 2.05) is 12.1 Å². The van der Waals surface area contributed by atoms with Crippen molar-refractivity contribution in [3.63, 3.8) is 0 Å². The Kier molecular flexibility index (Phi) is 3.96. The van der Waals surface area contributed by atoms with Crippen molar-refractivity contribution in [3.05, 3.63) is 24.3 Å². The summed E-state index contributed by atoms with van der Waals surface area (Å²) in [5.74, 6) is 0.741. The van der Waals surface area contributed by atoms with Gasteiger partial charge in [0.1, 0.15) is 15.6 Å². The molecule has 1 rings (SSSR count). The van der Waals surface area contributed by atoms with Crippen LogP contribution in [-0.2, 0) is 9.84 Å². The van der Waals surface area contributed by atoms with Crippen molar-refractivity contribution >= 4 is 15.5 Å². The van der Waals surface area contributed by atoms with Gasteiger partial charge in [0.05, 0.1) is 18.0 Å². The second kappa shape index (κ2) is 5.02. The van der Waals surface area contributed by atoms with Crippen LogP contribution < -0.4 is 10.5 Å². The zero-order valence-corrected chi connectivity index (χ0v) is 9.46. The molecule has 0 aliphatic carbocycles. The number of nitrogens with two attached hydrogens (primary N) is 1. The molecule has 0 spiro atoms. The Morgan fingerprint density at radius 3 is 2.60 bits per heavy atom. The van der Waals surface area contributed by atoms with Gasteiger partial charge in [-0.2, -0.15) is 0 Å². The lowest BCUT2D eigenvalue weighted by molar-refractivity contribution is 0.319. The van der Waals surface area contributed by atoms with Crippen LogP contribution in [0.4, 0.5) is 5.69 Å². The molecule has 0 bridgehead atoms. The Balaban J connectivity index is 2.36. The number of sulfone groups is 1. The topological polar surface area (TPSA) is 69.4 Å². The van der Waals surface area contributed by atoms with Gasteiger partial charge in [0.2, 0.25) is 0 Å². The van der Waals surface area contributed by atoms with E-state index >= 15 is 0 Å². The highest BCUT2D eigenvalue weighted by Crippen LogP contribution is 2.19. The predicted octanol–water partition coefficient (Wildman–Crippen LogP) is 1.08. The van der Waals surface area contributed by atoms with Gasteiger partial charge in [0.25, 0.3) is 0 Å². The molecule has 0 radical (unpaired) electrons. The molecule has 0 amide bonds. The number of anilines is 1. The molecule has 0 aliphatic rings. The van der Waals surface area contributed by atoms with Crippen LogP contribution in [0, 0.1) is 0 Å². The quantitative estimate of drug-likeness (QED) is 0.606. The Bertz CT molecular complexity index is 414. The van der Waals surface area contributed by atoms with Crippen LogP contribution in [0.5, 0.6) is 5.75 Å². The number of benzene rings is 1. The van der Waals surface area contributed by atoms with E-state index in [0.29, 0.717) is 24.5 Å². The maximum Gasteiger partial charge on any atom is 0.147 e. The zero-order chi connectivity index (χ0) is 11.3. The minimum absolute atomic E-state index is 0.139. The summed E-state index contributed by atoms with van der Waals surface area (Å²) in [6, 6.07) is 7.14. The molecule has 2 N–H and O–H groups in total. The molecule has 1 aromatic carbocycles. The summed E-state index contributed by atoms with van der Waals surface area (Å²) in [7, 11) is -2.90. The van der Waals surface area contributed by atoms with Gasteiger partial charge in [-0.05, 0) is 18.6 Å². The van der Waals surface area contributed by atoms with Crippen LogP contribution in [0.3, 0.4) is 0 Å². The molecule has 0 heterocycles. The molecule has 0 aromatic heterocycles. The smallest absolute Gasteiger partial charge is 0.147 e. The molecule has 0 saturated carbocycles. The van der Waals surface area contributed by atoms with Crippen molar-refractivity contribution in [3.8, 4) is 5.75 Å². The number of nitrogen functional groups attached to an aromatic ring is 1. The number of hydrogen-bond acceptors (Lipinski definition) is 4. The minimum atomic E-state index is -2.90. The van der Waals surface area contributed by atoms with E-state index in [4.69, 9.17) is 10.5 Å². The van der Waals surface area contributed by atoms with Crippen LogP contribution >= 0.6 is 0 Å². The second-order valence-corrected chi connectivity index (χ2v) is 5.63. The largest absolute Gasteiger partial charge is 0.491 e. The van der Waals surface area contributed by atoms with Crippen LogP contribution in [-0.4, -0.2) is 27.0 Å². The Labute approximate surface area is 90.0 Å². The summed E-state index contributed by atoms with van der Waals surface area (Å²) in [6.45, 7) is 0.362. The first-order chi connectivity index (χ1) is 6.99. The predicted molar refractivity (Wildman–Crippen MR) is 60.7 cm³/mol. The molecular formula is C10H15NO3S. The van der Waals surface area contributed by atoms with Crippen molar-refractivity contribution in [2.75, 3.05) is 24.3 Å². The standard InChI is InChI=1S/C10H15NO3S/c1-15(12,13)8-4-7-14-10-6-3-2-5-9(10)11/h2-3,5-6H,4,7-8,11H2,1H3. The summed E-state index contributed by atoms with van der Waals surface area (Å²) >= 11 is 0. The molecule has 4 nitrogen and oxygen atoms in total. The van der Waals surface area contributed by atoms with E-state index in [9.17, 15) is 8.42 Å². The average Bonchev–Trinajstić information content (AvgIpc) is 2.13. The van der Waals surface area contributed by atoms with Crippen LogP contribution in [0.2, 0.25) is 0 Å². The van der Waals surface area contributed by atoms with Gasteiger partial charge in [0, 0.05) is 6.26 Å². The van der Waals surface area contributed by atoms with Gasteiger partial charge in [0.15, 0.2) is 0 Å². The maximum atomic E-state index is 10.8. The van der Waals surface area contributed by atoms with E-state index in [0.717, 1.165) is 0 Å². The lowest BCUT2D eigenvalue weighted by Crippen LogP contribution is -2.08. The van der Waals surface area contributed by atoms with E-state index in [-0.39, 0.29) is 5.75 Å². The second-order valence-electron chi connectivity index (χ2n) is 3.37. The SMILES string of the molecule is CS(=O)(=O)CCCOc1ccccc1N. The first-order valence-corrected chi connectivity index (χ1v) is 6.70. The van der Waals surface area contributed by atoms with E-state index < -0.39 is 9.84 Å². The molecule has 0 unspecified atom stereocenters. The van der Waals surface area contributed by atoms with E-state index in [1.165, 1.54) is 6.26 Å². The van der Waals surface area contributed by atoms with E-state index in [2.05, 4.69) is 0 Å². The number of hydrogen-bond donors (Lipinski definition) is 1.